The van der Waals surface area contributed by atoms with Crippen molar-refractivity contribution < 1.29 is 9.18 Å². The third-order valence-corrected chi connectivity index (χ3v) is 7.36. The standard InChI is InChI=1S/C24H23ClFN5OS/c1-15-21-22(31(29-15)20-10-8-19(26)9-11-20)28-24(33-21)30-12-2-3-17(14-30)23(32)27-13-16-4-6-18(25)7-5-16/h4-11,17H,2-3,12-14H2,1H3,(H,27,32)/t17-/m1/s1. The normalized spacial score (nSPS) is 16.3. The number of carbonyl (C=O) groups excluding carboxylic acids is 1. The predicted octanol–water partition coefficient (Wildman–Crippen LogP) is 5.12. The van der Waals surface area contributed by atoms with Crippen LogP contribution in [0.1, 0.15) is 24.1 Å². The van der Waals surface area contributed by atoms with Crippen LogP contribution in [0.15, 0.2) is 48.5 Å². The van der Waals surface area contributed by atoms with Crippen LogP contribution in [0.3, 0.4) is 0 Å². The van der Waals surface area contributed by atoms with Crippen LogP contribution in [-0.2, 0) is 11.3 Å². The Hall–Kier alpha value is -2.97. The summed E-state index contributed by atoms with van der Waals surface area (Å²) in [6.07, 6.45) is 1.79. The zero-order valence-electron chi connectivity index (χ0n) is 18.1. The van der Waals surface area contributed by atoms with Crippen LogP contribution >= 0.6 is 22.9 Å². The smallest absolute Gasteiger partial charge is 0.225 e. The predicted molar refractivity (Wildman–Crippen MR) is 130 cm³/mol. The number of fused-ring (bicyclic) bond motifs is 1. The number of halogens is 2. The number of anilines is 1. The molecule has 0 aliphatic carbocycles. The van der Waals surface area contributed by atoms with E-state index in [0.29, 0.717) is 18.1 Å². The van der Waals surface area contributed by atoms with Crippen molar-refractivity contribution in [3.63, 3.8) is 0 Å². The van der Waals surface area contributed by atoms with E-state index in [1.54, 1.807) is 28.2 Å². The second-order valence-electron chi connectivity index (χ2n) is 8.25. The second kappa shape index (κ2) is 9.11. The third kappa shape index (κ3) is 4.58. The van der Waals surface area contributed by atoms with Gasteiger partial charge in [0.25, 0.3) is 0 Å². The maximum atomic E-state index is 13.3. The highest BCUT2D eigenvalue weighted by atomic mass is 35.5. The minimum atomic E-state index is -0.286. The number of hydrogen-bond donors (Lipinski definition) is 1. The molecule has 2 aromatic heterocycles. The van der Waals surface area contributed by atoms with Gasteiger partial charge < -0.3 is 10.2 Å². The number of benzene rings is 2. The number of thiazole rings is 1. The lowest BCUT2D eigenvalue weighted by molar-refractivity contribution is -0.125. The van der Waals surface area contributed by atoms with Gasteiger partial charge in [-0.2, -0.15) is 10.1 Å². The van der Waals surface area contributed by atoms with Gasteiger partial charge in [0.2, 0.25) is 5.91 Å². The second-order valence-corrected chi connectivity index (χ2v) is 9.67. The van der Waals surface area contributed by atoms with Gasteiger partial charge in [-0.05, 0) is 61.7 Å². The Balaban J connectivity index is 1.31. The first-order valence-corrected chi connectivity index (χ1v) is 12.1. The molecule has 1 N–H and O–H groups in total. The fourth-order valence-corrected chi connectivity index (χ4v) is 5.27. The van der Waals surface area contributed by atoms with Crippen molar-refractivity contribution in [2.45, 2.75) is 26.3 Å². The van der Waals surface area contributed by atoms with Crippen LogP contribution in [0.5, 0.6) is 0 Å². The fourth-order valence-electron chi connectivity index (χ4n) is 4.12. The number of nitrogens with zero attached hydrogens (tertiary/aromatic N) is 4. The highest BCUT2D eigenvalue weighted by Crippen LogP contribution is 2.34. The minimum Gasteiger partial charge on any atom is -0.352 e. The molecule has 6 nitrogen and oxygen atoms in total. The van der Waals surface area contributed by atoms with Crippen molar-refractivity contribution in [1.82, 2.24) is 20.1 Å². The molecule has 4 aromatic rings. The van der Waals surface area contributed by atoms with Crippen LogP contribution in [0.4, 0.5) is 9.52 Å². The zero-order chi connectivity index (χ0) is 22.9. The van der Waals surface area contributed by atoms with Crippen LogP contribution in [0, 0.1) is 18.7 Å². The van der Waals surface area contributed by atoms with Gasteiger partial charge in [0.1, 0.15) is 5.82 Å². The summed E-state index contributed by atoms with van der Waals surface area (Å²) in [5.74, 6) is -0.316. The van der Waals surface area contributed by atoms with Crippen molar-refractivity contribution >= 4 is 44.3 Å². The molecule has 33 heavy (non-hydrogen) atoms. The molecule has 1 amide bonds. The molecule has 1 fully saturated rings. The summed E-state index contributed by atoms with van der Waals surface area (Å²) >= 11 is 7.52. The van der Waals surface area contributed by atoms with Crippen LogP contribution in [-0.4, -0.2) is 33.8 Å². The number of piperidine rings is 1. The number of rotatable bonds is 5. The molecule has 170 valence electrons. The molecule has 0 bridgehead atoms. The highest BCUT2D eigenvalue weighted by Gasteiger charge is 2.28. The van der Waals surface area contributed by atoms with Gasteiger partial charge in [0.05, 0.1) is 22.0 Å². The Labute approximate surface area is 200 Å². The van der Waals surface area contributed by atoms with Crippen LogP contribution in [0.25, 0.3) is 16.0 Å². The molecule has 0 unspecified atom stereocenters. The van der Waals surface area contributed by atoms with Gasteiger partial charge in [-0.15, -0.1) is 0 Å². The van der Waals surface area contributed by atoms with E-state index in [1.165, 1.54) is 12.1 Å². The van der Waals surface area contributed by atoms with Gasteiger partial charge in [0.15, 0.2) is 10.8 Å². The van der Waals surface area contributed by atoms with Crippen molar-refractivity contribution in [2.75, 3.05) is 18.0 Å². The van der Waals surface area contributed by atoms with Crippen molar-refractivity contribution in [3.8, 4) is 5.69 Å². The van der Waals surface area contributed by atoms with E-state index < -0.39 is 0 Å². The van der Waals surface area contributed by atoms with Gasteiger partial charge in [-0.1, -0.05) is 35.1 Å². The maximum Gasteiger partial charge on any atom is 0.225 e. The Morgan fingerprint density at radius 2 is 1.97 bits per heavy atom. The van der Waals surface area contributed by atoms with E-state index in [0.717, 1.165) is 51.8 Å². The monoisotopic (exact) mass is 483 g/mol. The lowest BCUT2D eigenvalue weighted by Gasteiger charge is -2.31. The molecule has 0 saturated carbocycles. The molecule has 1 aliphatic heterocycles. The minimum absolute atomic E-state index is 0.0597. The van der Waals surface area contributed by atoms with E-state index in [2.05, 4.69) is 15.3 Å². The summed E-state index contributed by atoms with van der Waals surface area (Å²) in [4.78, 5) is 19.9. The van der Waals surface area contributed by atoms with Crippen molar-refractivity contribution in [2.24, 2.45) is 5.92 Å². The van der Waals surface area contributed by atoms with Crippen LogP contribution in [0.2, 0.25) is 5.02 Å². The Bertz CT molecular complexity index is 1280. The van der Waals surface area contributed by atoms with E-state index in [9.17, 15) is 9.18 Å². The van der Waals surface area contributed by atoms with Crippen LogP contribution < -0.4 is 10.2 Å². The molecule has 1 atom stereocenters. The number of aryl methyl sites for hydroxylation is 1. The Morgan fingerprint density at radius 1 is 1.21 bits per heavy atom. The van der Waals surface area contributed by atoms with Gasteiger partial charge >= 0.3 is 0 Å². The zero-order valence-corrected chi connectivity index (χ0v) is 19.7. The first-order chi connectivity index (χ1) is 16.0. The molecular formula is C24H23ClFN5OS. The summed E-state index contributed by atoms with van der Waals surface area (Å²) in [5.41, 5.74) is 3.43. The molecule has 9 heteroatoms. The van der Waals surface area contributed by atoms with Gasteiger partial charge in [-0.3, -0.25) is 4.79 Å². The Morgan fingerprint density at radius 3 is 2.73 bits per heavy atom. The van der Waals surface area contributed by atoms with E-state index in [1.807, 2.05) is 31.2 Å². The number of hydrogen-bond acceptors (Lipinski definition) is 5. The van der Waals surface area contributed by atoms with Crippen molar-refractivity contribution in [3.05, 3.63) is 70.6 Å². The molecule has 3 heterocycles. The molecule has 2 aromatic carbocycles. The topological polar surface area (TPSA) is 63.1 Å². The molecule has 1 saturated heterocycles. The number of carbonyl (C=O) groups is 1. The van der Waals surface area contributed by atoms with Gasteiger partial charge in [0, 0.05) is 24.7 Å². The molecule has 0 spiro atoms. The first kappa shape index (κ1) is 21.9. The number of nitrogens with one attached hydrogen (secondary N) is 1. The lowest BCUT2D eigenvalue weighted by atomic mass is 9.97. The summed E-state index contributed by atoms with van der Waals surface area (Å²) in [7, 11) is 0. The number of aromatic nitrogens is 3. The van der Waals surface area contributed by atoms with Crippen molar-refractivity contribution in [1.29, 1.82) is 0 Å². The summed E-state index contributed by atoms with van der Waals surface area (Å²) in [6, 6.07) is 13.7. The fraction of sp³-hybridized carbons (Fsp3) is 0.292. The van der Waals surface area contributed by atoms with Gasteiger partial charge in [-0.25, -0.2) is 9.07 Å². The molecule has 0 radical (unpaired) electrons. The number of amides is 1. The lowest BCUT2D eigenvalue weighted by Crippen LogP contribution is -2.43. The average Bonchev–Trinajstić information content (AvgIpc) is 3.40. The average molecular weight is 484 g/mol. The van der Waals surface area contributed by atoms with E-state index in [-0.39, 0.29) is 17.6 Å². The summed E-state index contributed by atoms with van der Waals surface area (Å²) in [5, 5.41) is 9.21. The maximum absolute atomic E-state index is 13.3. The highest BCUT2D eigenvalue weighted by molar-refractivity contribution is 7.22. The van der Waals surface area contributed by atoms with E-state index >= 15 is 0 Å². The first-order valence-electron chi connectivity index (χ1n) is 10.9. The summed E-state index contributed by atoms with van der Waals surface area (Å²) in [6.45, 7) is 3.93. The van der Waals surface area contributed by atoms with E-state index in [4.69, 9.17) is 16.6 Å². The third-order valence-electron chi connectivity index (χ3n) is 5.89. The molecule has 5 rings (SSSR count). The SMILES string of the molecule is Cc1nn(-c2ccc(F)cc2)c2nc(N3CCC[C@@H](C(=O)NCc4ccc(Cl)cc4)C3)sc12. The molecular weight excluding hydrogens is 461 g/mol. The molecule has 1 aliphatic rings. The quantitative estimate of drug-likeness (QED) is 0.428. The summed E-state index contributed by atoms with van der Waals surface area (Å²) < 4.78 is 16.1. The largest absolute Gasteiger partial charge is 0.352 e. The Kier molecular flexibility index (Phi) is 6.03.